The number of nitrogens with one attached hydrogen (secondary N) is 1. The van der Waals surface area contributed by atoms with E-state index in [9.17, 15) is 0 Å². The molecule has 0 aliphatic carbocycles. The van der Waals surface area contributed by atoms with E-state index >= 15 is 0 Å². The first-order valence-electron chi connectivity index (χ1n) is 5.32. The summed E-state index contributed by atoms with van der Waals surface area (Å²) >= 11 is 0. The van der Waals surface area contributed by atoms with E-state index in [0.29, 0.717) is 0 Å². The third kappa shape index (κ3) is 3.60. The van der Waals surface area contributed by atoms with Crippen molar-refractivity contribution in [2.24, 2.45) is 0 Å². The van der Waals surface area contributed by atoms with Crippen LogP contribution in [0.2, 0.25) is 0 Å². The van der Waals surface area contributed by atoms with E-state index in [0.717, 1.165) is 31.4 Å². The van der Waals surface area contributed by atoms with Gasteiger partial charge in [0, 0.05) is 13.2 Å². The second-order valence-electron chi connectivity index (χ2n) is 3.63. The van der Waals surface area contributed by atoms with Crippen LogP contribution in [-0.2, 0) is 4.74 Å². The lowest BCUT2D eigenvalue weighted by molar-refractivity contribution is 0.109. The number of aromatic amines is 1. The van der Waals surface area contributed by atoms with Crippen LogP contribution in [0.3, 0.4) is 0 Å². The zero-order chi connectivity index (χ0) is 11.3. The Morgan fingerprint density at radius 3 is 2.80 bits per heavy atom. The molecule has 0 aliphatic heterocycles. The van der Waals surface area contributed by atoms with Gasteiger partial charge >= 0.3 is 0 Å². The van der Waals surface area contributed by atoms with Crippen molar-refractivity contribution in [3.05, 3.63) is 11.6 Å². The first kappa shape index (κ1) is 12.1. The molecular weight excluding hydrogens is 192 g/mol. The monoisotopic (exact) mass is 212 g/mol. The molecule has 5 nitrogen and oxygen atoms in total. The first-order chi connectivity index (χ1) is 7.15. The van der Waals surface area contributed by atoms with Gasteiger partial charge in [-0.1, -0.05) is 0 Å². The fraction of sp³-hybridized carbons (Fsp3) is 0.800. The third-order valence-electron chi connectivity index (χ3n) is 2.44. The fourth-order valence-electron chi connectivity index (χ4n) is 1.29. The van der Waals surface area contributed by atoms with Crippen molar-refractivity contribution in [3.63, 3.8) is 0 Å². The normalized spacial score (nSPS) is 13.4. The van der Waals surface area contributed by atoms with Crippen molar-refractivity contribution in [2.75, 3.05) is 26.8 Å². The van der Waals surface area contributed by atoms with Gasteiger partial charge in [-0.15, -0.1) is 0 Å². The SMILES string of the molecule is CCOCCN(C)[C@H](C)c1n[nH]c(C)n1. The summed E-state index contributed by atoms with van der Waals surface area (Å²) in [7, 11) is 2.05. The summed E-state index contributed by atoms with van der Waals surface area (Å²) < 4.78 is 5.31. The van der Waals surface area contributed by atoms with Crippen molar-refractivity contribution in [2.45, 2.75) is 26.8 Å². The number of H-pyrrole nitrogens is 1. The molecule has 5 heteroatoms. The molecule has 0 saturated heterocycles. The van der Waals surface area contributed by atoms with E-state index in [1.165, 1.54) is 0 Å². The molecule has 0 aliphatic rings. The molecule has 0 unspecified atom stereocenters. The summed E-state index contributed by atoms with van der Waals surface area (Å²) in [5, 5.41) is 7.00. The van der Waals surface area contributed by atoms with Gasteiger partial charge in [0.25, 0.3) is 0 Å². The molecule has 0 saturated carbocycles. The summed E-state index contributed by atoms with van der Waals surface area (Å²) in [6.45, 7) is 8.41. The first-order valence-corrected chi connectivity index (χ1v) is 5.32. The quantitative estimate of drug-likeness (QED) is 0.718. The van der Waals surface area contributed by atoms with Crippen molar-refractivity contribution >= 4 is 0 Å². The van der Waals surface area contributed by atoms with Crippen LogP contribution < -0.4 is 0 Å². The second-order valence-corrected chi connectivity index (χ2v) is 3.63. The van der Waals surface area contributed by atoms with Gasteiger partial charge in [0.2, 0.25) is 0 Å². The molecule has 1 aromatic heterocycles. The summed E-state index contributed by atoms with van der Waals surface area (Å²) in [6.07, 6.45) is 0. The van der Waals surface area contributed by atoms with Gasteiger partial charge in [-0.05, 0) is 27.8 Å². The zero-order valence-corrected chi connectivity index (χ0v) is 9.95. The highest BCUT2D eigenvalue weighted by atomic mass is 16.5. The Bertz CT molecular complexity index is 287. The number of aryl methyl sites for hydroxylation is 1. The maximum absolute atomic E-state index is 5.31. The summed E-state index contributed by atoms with van der Waals surface area (Å²) in [5.74, 6) is 1.70. The Balaban J connectivity index is 2.42. The number of ether oxygens (including phenoxy) is 1. The van der Waals surface area contributed by atoms with Crippen LogP contribution in [0.4, 0.5) is 0 Å². The van der Waals surface area contributed by atoms with E-state index in [1.807, 2.05) is 13.8 Å². The van der Waals surface area contributed by atoms with Crippen molar-refractivity contribution < 1.29 is 4.74 Å². The van der Waals surface area contributed by atoms with Crippen LogP contribution in [0, 0.1) is 6.92 Å². The Morgan fingerprint density at radius 2 is 2.27 bits per heavy atom. The molecular formula is C10H20N4O. The average molecular weight is 212 g/mol. The average Bonchev–Trinajstić information content (AvgIpc) is 2.64. The summed E-state index contributed by atoms with van der Waals surface area (Å²) in [4.78, 5) is 6.49. The Hall–Kier alpha value is -0.940. The van der Waals surface area contributed by atoms with Crippen LogP contribution >= 0.6 is 0 Å². The van der Waals surface area contributed by atoms with E-state index < -0.39 is 0 Å². The molecule has 1 rings (SSSR count). The van der Waals surface area contributed by atoms with Crippen molar-refractivity contribution in [3.8, 4) is 0 Å². The Labute approximate surface area is 90.8 Å². The lowest BCUT2D eigenvalue weighted by Gasteiger charge is -2.21. The van der Waals surface area contributed by atoms with Crippen LogP contribution in [0.25, 0.3) is 0 Å². The number of hydrogen-bond acceptors (Lipinski definition) is 4. The van der Waals surface area contributed by atoms with Gasteiger partial charge in [-0.25, -0.2) is 4.98 Å². The number of likely N-dealkylation sites (N-methyl/N-ethyl adjacent to an activating group) is 1. The molecule has 0 amide bonds. The van der Waals surface area contributed by atoms with Crippen molar-refractivity contribution in [1.29, 1.82) is 0 Å². The van der Waals surface area contributed by atoms with Crippen LogP contribution in [0.1, 0.15) is 31.5 Å². The summed E-state index contributed by atoms with van der Waals surface area (Å²) in [6, 6.07) is 0.218. The van der Waals surface area contributed by atoms with Crippen LogP contribution in [0.15, 0.2) is 0 Å². The standard InChI is InChI=1S/C10H20N4O/c1-5-15-7-6-14(4)8(2)10-11-9(3)12-13-10/h8H,5-7H2,1-4H3,(H,11,12,13)/t8-/m1/s1. The minimum absolute atomic E-state index is 0.218. The molecule has 0 bridgehead atoms. The lowest BCUT2D eigenvalue weighted by atomic mass is 10.3. The lowest BCUT2D eigenvalue weighted by Crippen LogP contribution is -2.27. The molecule has 0 aromatic carbocycles. The molecule has 1 aromatic rings. The Kier molecular flexibility index (Phi) is 4.71. The maximum Gasteiger partial charge on any atom is 0.167 e. The van der Waals surface area contributed by atoms with Crippen LogP contribution in [0.5, 0.6) is 0 Å². The molecule has 1 N–H and O–H groups in total. The van der Waals surface area contributed by atoms with E-state index in [1.54, 1.807) is 0 Å². The zero-order valence-electron chi connectivity index (χ0n) is 9.95. The number of rotatable bonds is 6. The number of hydrogen-bond donors (Lipinski definition) is 1. The smallest absolute Gasteiger partial charge is 0.167 e. The highest BCUT2D eigenvalue weighted by Crippen LogP contribution is 2.13. The molecule has 1 atom stereocenters. The highest BCUT2D eigenvalue weighted by molar-refractivity contribution is 4.93. The predicted molar refractivity (Wildman–Crippen MR) is 58.7 cm³/mol. The molecule has 15 heavy (non-hydrogen) atoms. The fourth-order valence-corrected chi connectivity index (χ4v) is 1.29. The van der Waals surface area contributed by atoms with E-state index in [2.05, 4.69) is 34.1 Å². The Morgan fingerprint density at radius 1 is 1.53 bits per heavy atom. The number of nitrogens with zero attached hydrogens (tertiary/aromatic N) is 3. The van der Waals surface area contributed by atoms with Gasteiger partial charge in [0.05, 0.1) is 12.6 Å². The molecule has 0 spiro atoms. The maximum atomic E-state index is 5.31. The molecule has 0 fully saturated rings. The van der Waals surface area contributed by atoms with Gasteiger partial charge in [-0.2, -0.15) is 5.10 Å². The minimum atomic E-state index is 0.218. The largest absolute Gasteiger partial charge is 0.380 e. The third-order valence-corrected chi connectivity index (χ3v) is 2.44. The van der Waals surface area contributed by atoms with Gasteiger partial charge in [0.1, 0.15) is 5.82 Å². The van der Waals surface area contributed by atoms with Gasteiger partial charge in [0.15, 0.2) is 5.82 Å². The molecule has 86 valence electrons. The van der Waals surface area contributed by atoms with Crippen molar-refractivity contribution in [1.82, 2.24) is 20.1 Å². The molecule has 1 heterocycles. The topological polar surface area (TPSA) is 54.0 Å². The molecule has 0 radical (unpaired) electrons. The minimum Gasteiger partial charge on any atom is -0.380 e. The van der Waals surface area contributed by atoms with E-state index in [4.69, 9.17) is 4.74 Å². The van der Waals surface area contributed by atoms with Crippen LogP contribution in [-0.4, -0.2) is 46.9 Å². The predicted octanol–water partition coefficient (Wildman–Crippen LogP) is 1.14. The second kappa shape index (κ2) is 5.82. The van der Waals surface area contributed by atoms with Gasteiger partial charge in [-0.3, -0.25) is 10.00 Å². The summed E-state index contributed by atoms with van der Waals surface area (Å²) in [5.41, 5.74) is 0. The number of aromatic nitrogens is 3. The van der Waals surface area contributed by atoms with E-state index in [-0.39, 0.29) is 6.04 Å². The highest BCUT2D eigenvalue weighted by Gasteiger charge is 2.15. The van der Waals surface area contributed by atoms with Gasteiger partial charge < -0.3 is 4.74 Å².